The van der Waals surface area contributed by atoms with Crippen LogP contribution in [0.4, 0.5) is 5.69 Å². The van der Waals surface area contributed by atoms with Gasteiger partial charge in [-0.05, 0) is 30.3 Å². The average Bonchev–Trinajstić information content (AvgIpc) is 2.68. The van der Waals surface area contributed by atoms with Gasteiger partial charge in [0.15, 0.2) is 0 Å². The summed E-state index contributed by atoms with van der Waals surface area (Å²) in [5, 5.41) is 4.66. The molecule has 0 heterocycles. The van der Waals surface area contributed by atoms with Crippen LogP contribution in [0.3, 0.4) is 0 Å². The number of anilines is 1. The molecule has 0 atom stereocenters. The predicted octanol–water partition coefficient (Wildman–Crippen LogP) is 6.72. The van der Waals surface area contributed by atoms with Crippen LogP contribution in [0, 0.1) is 0 Å². The standard InChI is InChI=1S/C21H18Cl3NO2/c22-17-12-19(24)20(13-18(17)23)25-14-15-6-4-5-9-21(15)27-11-10-26-16-7-2-1-3-8-16/h1-9,12-13,25H,10-11,14H2. The maximum absolute atomic E-state index is 6.21. The molecule has 0 aliphatic heterocycles. The third-order valence-corrected chi connectivity index (χ3v) is 4.84. The molecule has 6 heteroatoms. The number of ether oxygens (including phenoxy) is 2. The van der Waals surface area contributed by atoms with E-state index < -0.39 is 0 Å². The van der Waals surface area contributed by atoms with Gasteiger partial charge in [0.1, 0.15) is 24.7 Å². The molecule has 0 amide bonds. The maximum atomic E-state index is 6.21. The van der Waals surface area contributed by atoms with Crippen LogP contribution < -0.4 is 14.8 Å². The Hall–Kier alpha value is -2.07. The molecule has 140 valence electrons. The third-order valence-electron chi connectivity index (χ3n) is 3.80. The van der Waals surface area contributed by atoms with E-state index in [1.807, 2.05) is 54.6 Å². The highest BCUT2D eigenvalue weighted by atomic mass is 35.5. The van der Waals surface area contributed by atoms with Gasteiger partial charge in [0, 0.05) is 12.1 Å². The fourth-order valence-corrected chi connectivity index (χ4v) is 3.08. The second-order valence-electron chi connectivity index (χ2n) is 5.72. The number of para-hydroxylation sites is 2. The summed E-state index contributed by atoms with van der Waals surface area (Å²) in [4.78, 5) is 0. The van der Waals surface area contributed by atoms with E-state index in [4.69, 9.17) is 44.3 Å². The van der Waals surface area contributed by atoms with E-state index in [1.54, 1.807) is 12.1 Å². The molecular weight excluding hydrogens is 405 g/mol. The average molecular weight is 423 g/mol. The molecule has 0 unspecified atom stereocenters. The van der Waals surface area contributed by atoms with Crippen molar-refractivity contribution in [2.45, 2.75) is 6.54 Å². The minimum atomic E-state index is 0.425. The molecule has 27 heavy (non-hydrogen) atoms. The lowest BCUT2D eigenvalue weighted by molar-refractivity contribution is 0.216. The highest BCUT2D eigenvalue weighted by molar-refractivity contribution is 6.44. The number of benzene rings is 3. The first-order valence-corrected chi connectivity index (χ1v) is 9.54. The SMILES string of the molecule is Clc1cc(Cl)c(NCc2ccccc2OCCOc2ccccc2)cc1Cl. The van der Waals surface area contributed by atoms with Crippen molar-refractivity contribution in [3.8, 4) is 11.5 Å². The topological polar surface area (TPSA) is 30.5 Å². The van der Waals surface area contributed by atoms with Crippen LogP contribution in [0.1, 0.15) is 5.56 Å². The van der Waals surface area contributed by atoms with Gasteiger partial charge in [0.2, 0.25) is 0 Å². The van der Waals surface area contributed by atoms with E-state index in [0.29, 0.717) is 40.5 Å². The van der Waals surface area contributed by atoms with Gasteiger partial charge in [-0.25, -0.2) is 0 Å². The van der Waals surface area contributed by atoms with E-state index in [-0.39, 0.29) is 0 Å². The normalized spacial score (nSPS) is 10.5. The van der Waals surface area contributed by atoms with Gasteiger partial charge in [-0.15, -0.1) is 0 Å². The quantitative estimate of drug-likeness (QED) is 0.323. The van der Waals surface area contributed by atoms with Crippen LogP contribution in [-0.2, 0) is 6.54 Å². The first-order valence-electron chi connectivity index (χ1n) is 8.40. The van der Waals surface area contributed by atoms with Crippen molar-refractivity contribution < 1.29 is 9.47 Å². The van der Waals surface area contributed by atoms with Gasteiger partial charge >= 0.3 is 0 Å². The van der Waals surface area contributed by atoms with E-state index in [9.17, 15) is 0 Å². The van der Waals surface area contributed by atoms with Gasteiger partial charge in [-0.2, -0.15) is 0 Å². The zero-order chi connectivity index (χ0) is 19.1. The van der Waals surface area contributed by atoms with Crippen LogP contribution in [0.15, 0.2) is 66.7 Å². The lowest BCUT2D eigenvalue weighted by Crippen LogP contribution is -2.11. The zero-order valence-electron chi connectivity index (χ0n) is 14.4. The van der Waals surface area contributed by atoms with Gasteiger partial charge < -0.3 is 14.8 Å². The molecule has 0 spiro atoms. The maximum Gasteiger partial charge on any atom is 0.124 e. The Kier molecular flexibility index (Phi) is 7.11. The number of nitrogens with one attached hydrogen (secondary N) is 1. The molecule has 0 saturated heterocycles. The number of hydrogen-bond donors (Lipinski definition) is 1. The highest BCUT2D eigenvalue weighted by Crippen LogP contribution is 2.33. The molecule has 0 fully saturated rings. The second kappa shape index (κ2) is 9.75. The molecule has 3 nitrogen and oxygen atoms in total. The molecule has 0 radical (unpaired) electrons. The predicted molar refractivity (Wildman–Crippen MR) is 113 cm³/mol. The molecule has 1 N–H and O–H groups in total. The fraction of sp³-hybridized carbons (Fsp3) is 0.143. The van der Waals surface area contributed by atoms with Crippen LogP contribution in [0.25, 0.3) is 0 Å². The Bertz CT molecular complexity index is 888. The Balaban J connectivity index is 1.56. The van der Waals surface area contributed by atoms with Crippen LogP contribution in [0.2, 0.25) is 15.1 Å². The fourth-order valence-electron chi connectivity index (χ4n) is 2.47. The summed E-state index contributed by atoms with van der Waals surface area (Å²) in [5.74, 6) is 1.61. The summed E-state index contributed by atoms with van der Waals surface area (Å²) in [6.45, 7) is 1.44. The summed E-state index contributed by atoms with van der Waals surface area (Å²) in [6, 6.07) is 20.8. The largest absolute Gasteiger partial charge is 0.490 e. The monoisotopic (exact) mass is 421 g/mol. The highest BCUT2D eigenvalue weighted by Gasteiger charge is 2.08. The summed E-state index contributed by atoms with van der Waals surface area (Å²) in [5.41, 5.74) is 1.72. The van der Waals surface area contributed by atoms with Crippen molar-refractivity contribution in [2.24, 2.45) is 0 Å². The molecule has 0 bridgehead atoms. The molecule has 3 rings (SSSR count). The zero-order valence-corrected chi connectivity index (χ0v) is 16.7. The Morgan fingerprint density at radius 2 is 1.37 bits per heavy atom. The number of halogens is 3. The molecule has 0 aromatic heterocycles. The van der Waals surface area contributed by atoms with E-state index in [1.165, 1.54) is 0 Å². The van der Waals surface area contributed by atoms with Crippen molar-refractivity contribution >= 4 is 40.5 Å². The van der Waals surface area contributed by atoms with Crippen LogP contribution in [-0.4, -0.2) is 13.2 Å². The number of rotatable bonds is 8. The summed E-state index contributed by atoms with van der Waals surface area (Å²) >= 11 is 18.2. The molecule has 0 aliphatic rings. The van der Waals surface area contributed by atoms with E-state index >= 15 is 0 Å². The van der Waals surface area contributed by atoms with Crippen LogP contribution >= 0.6 is 34.8 Å². The first kappa shape index (κ1) is 19.7. The van der Waals surface area contributed by atoms with Crippen molar-refractivity contribution in [1.82, 2.24) is 0 Å². The summed E-state index contributed by atoms with van der Waals surface area (Å²) in [6.07, 6.45) is 0. The lowest BCUT2D eigenvalue weighted by Gasteiger charge is -2.14. The van der Waals surface area contributed by atoms with Crippen molar-refractivity contribution in [3.05, 3.63) is 87.4 Å². The Labute approximate surface area is 173 Å². The van der Waals surface area contributed by atoms with Crippen molar-refractivity contribution in [1.29, 1.82) is 0 Å². The smallest absolute Gasteiger partial charge is 0.124 e. The molecule has 3 aromatic rings. The lowest BCUT2D eigenvalue weighted by atomic mass is 10.2. The third kappa shape index (κ3) is 5.70. The van der Waals surface area contributed by atoms with Crippen molar-refractivity contribution in [3.63, 3.8) is 0 Å². The van der Waals surface area contributed by atoms with Crippen molar-refractivity contribution in [2.75, 3.05) is 18.5 Å². The van der Waals surface area contributed by atoms with Gasteiger partial charge in [-0.1, -0.05) is 71.2 Å². The minimum absolute atomic E-state index is 0.425. The molecule has 3 aromatic carbocycles. The van der Waals surface area contributed by atoms with Gasteiger partial charge in [0.25, 0.3) is 0 Å². The Morgan fingerprint density at radius 1 is 0.704 bits per heavy atom. The second-order valence-corrected chi connectivity index (χ2v) is 6.94. The van der Waals surface area contributed by atoms with E-state index in [0.717, 1.165) is 17.1 Å². The Morgan fingerprint density at radius 3 is 2.19 bits per heavy atom. The summed E-state index contributed by atoms with van der Waals surface area (Å²) < 4.78 is 11.5. The number of hydrogen-bond acceptors (Lipinski definition) is 3. The van der Waals surface area contributed by atoms with E-state index in [2.05, 4.69) is 5.32 Å². The molecule has 0 aliphatic carbocycles. The van der Waals surface area contributed by atoms with Gasteiger partial charge in [0.05, 0.1) is 20.8 Å². The minimum Gasteiger partial charge on any atom is -0.490 e. The summed E-state index contributed by atoms with van der Waals surface area (Å²) in [7, 11) is 0. The first-order chi connectivity index (χ1) is 13.1. The van der Waals surface area contributed by atoms with Gasteiger partial charge in [-0.3, -0.25) is 0 Å². The molecule has 0 saturated carbocycles. The van der Waals surface area contributed by atoms with Crippen LogP contribution in [0.5, 0.6) is 11.5 Å². The molecular formula is C21H18Cl3NO2.